The van der Waals surface area contributed by atoms with Crippen LogP contribution in [0.4, 0.5) is 10.1 Å². The van der Waals surface area contributed by atoms with Gasteiger partial charge in [0.2, 0.25) is 5.82 Å². The number of halogens is 1. The highest BCUT2D eigenvalue weighted by Crippen LogP contribution is 2.20. The second kappa shape index (κ2) is 7.94. The second-order valence-corrected chi connectivity index (χ2v) is 5.12. The van der Waals surface area contributed by atoms with E-state index in [1.165, 1.54) is 12.1 Å². The Morgan fingerprint density at radius 3 is 2.60 bits per heavy atom. The Morgan fingerprint density at radius 2 is 2.10 bits per heavy atom. The standard InChI is InChI=1S/C15H23FN2O2/c1-4-6-9-17(12(3)5-2)11-13-7-8-15(18(19)20)14(16)10-13/h7-8,10,12H,4-6,9,11H2,1-3H3. The third kappa shape index (κ3) is 4.56. The Labute approximate surface area is 119 Å². The summed E-state index contributed by atoms with van der Waals surface area (Å²) < 4.78 is 13.6. The fourth-order valence-corrected chi connectivity index (χ4v) is 2.11. The quantitative estimate of drug-likeness (QED) is 0.532. The van der Waals surface area contributed by atoms with E-state index in [-0.39, 0.29) is 0 Å². The van der Waals surface area contributed by atoms with Crippen LogP contribution in [0.1, 0.15) is 45.6 Å². The van der Waals surface area contributed by atoms with Crippen LogP contribution in [-0.2, 0) is 6.54 Å². The number of hydrogen-bond donors (Lipinski definition) is 0. The summed E-state index contributed by atoms with van der Waals surface area (Å²) >= 11 is 0. The third-order valence-corrected chi connectivity index (χ3v) is 3.61. The molecule has 0 saturated heterocycles. The summed E-state index contributed by atoms with van der Waals surface area (Å²) in [5.74, 6) is -0.757. The average Bonchev–Trinajstić information content (AvgIpc) is 2.42. The van der Waals surface area contributed by atoms with E-state index in [9.17, 15) is 14.5 Å². The molecule has 1 rings (SSSR count). The average molecular weight is 282 g/mol. The maximum absolute atomic E-state index is 13.6. The maximum Gasteiger partial charge on any atom is 0.304 e. The lowest BCUT2D eigenvalue weighted by Gasteiger charge is -2.28. The normalized spacial score (nSPS) is 12.7. The monoisotopic (exact) mass is 282 g/mol. The number of rotatable bonds is 8. The Hall–Kier alpha value is -1.49. The van der Waals surface area contributed by atoms with Crippen LogP contribution in [0.2, 0.25) is 0 Å². The van der Waals surface area contributed by atoms with Crippen LogP contribution < -0.4 is 0 Å². The van der Waals surface area contributed by atoms with Gasteiger partial charge in [-0.2, -0.15) is 4.39 Å². The molecular formula is C15H23FN2O2. The summed E-state index contributed by atoms with van der Waals surface area (Å²) in [4.78, 5) is 12.2. The molecule has 1 atom stereocenters. The van der Waals surface area contributed by atoms with Gasteiger partial charge in [0.05, 0.1) is 4.92 Å². The predicted octanol–water partition coefficient (Wildman–Crippen LogP) is 4.13. The van der Waals surface area contributed by atoms with Crippen LogP contribution in [0, 0.1) is 15.9 Å². The lowest BCUT2D eigenvalue weighted by atomic mass is 10.1. The van der Waals surface area contributed by atoms with Gasteiger partial charge < -0.3 is 0 Å². The Bertz CT molecular complexity index is 451. The molecule has 0 radical (unpaired) electrons. The van der Waals surface area contributed by atoms with Crippen molar-refractivity contribution in [3.05, 3.63) is 39.7 Å². The van der Waals surface area contributed by atoms with Gasteiger partial charge in [0.15, 0.2) is 0 Å². The van der Waals surface area contributed by atoms with Crippen LogP contribution in [-0.4, -0.2) is 22.4 Å². The number of nitro benzene ring substituents is 1. The van der Waals surface area contributed by atoms with E-state index >= 15 is 0 Å². The Morgan fingerprint density at radius 1 is 1.40 bits per heavy atom. The molecule has 1 unspecified atom stereocenters. The summed E-state index contributed by atoms with van der Waals surface area (Å²) in [7, 11) is 0. The van der Waals surface area contributed by atoms with Gasteiger partial charge in [-0.3, -0.25) is 15.0 Å². The van der Waals surface area contributed by atoms with Crippen LogP contribution in [0.25, 0.3) is 0 Å². The minimum atomic E-state index is -0.757. The van der Waals surface area contributed by atoms with Crippen molar-refractivity contribution < 1.29 is 9.31 Å². The topological polar surface area (TPSA) is 46.4 Å². The third-order valence-electron chi connectivity index (χ3n) is 3.61. The summed E-state index contributed by atoms with van der Waals surface area (Å²) in [6, 6.07) is 4.58. The number of nitro groups is 1. The summed E-state index contributed by atoms with van der Waals surface area (Å²) in [5.41, 5.74) is 0.321. The van der Waals surface area contributed by atoms with E-state index in [4.69, 9.17) is 0 Å². The van der Waals surface area contributed by atoms with Crippen molar-refractivity contribution in [2.45, 2.75) is 52.6 Å². The summed E-state index contributed by atoms with van der Waals surface area (Å²) in [6.45, 7) is 8.01. The Balaban J connectivity index is 2.82. The van der Waals surface area contributed by atoms with Crippen molar-refractivity contribution in [2.24, 2.45) is 0 Å². The van der Waals surface area contributed by atoms with Crippen molar-refractivity contribution in [1.29, 1.82) is 0 Å². The van der Waals surface area contributed by atoms with Crippen molar-refractivity contribution in [2.75, 3.05) is 6.54 Å². The predicted molar refractivity (Wildman–Crippen MR) is 78.1 cm³/mol. The lowest BCUT2D eigenvalue weighted by molar-refractivity contribution is -0.387. The first-order valence-corrected chi connectivity index (χ1v) is 7.16. The van der Waals surface area contributed by atoms with E-state index in [1.54, 1.807) is 6.07 Å². The van der Waals surface area contributed by atoms with Gasteiger partial charge in [-0.1, -0.05) is 26.3 Å². The van der Waals surface area contributed by atoms with Gasteiger partial charge in [-0.15, -0.1) is 0 Å². The molecule has 0 aromatic heterocycles. The summed E-state index contributed by atoms with van der Waals surface area (Å²) in [5, 5.41) is 10.6. The molecule has 0 fully saturated rings. The van der Waals surface area contributed by atoms with Gasteiger partial charge in [0.25, 0.3) is 0 Å². The Kier molecular flexibility index (Phi) is 6.58. The van der Waals surface area contributed by atoms with E-state index in [0.29, 0.717) is 12.6 Å². The molecule has 0 amide bonds. The number of hydrogen-bond acceptors (Lipinski definition) is 3. The van der Waals surface area contributed by atoms with Crippen LogP contribution in [0.15, 0.2) is 18.2 Å². The molecule has 1 aromatic rings. The molecule has 0 bridgehead atoms. The highest BCUT2D eigenvalue weighted by Gasteiger charge is 2.16. The molecule has 0 heterocycles. The minimum absolute atomic E-state index is 0.416. The first-order valence-electron chi connectivity index (χ1n) is 7.16. The summed E-state index contributed by atoms with van der Waals surface area (Å²) in [6.07, 6.45) is 3.24. The van der Waals surface area contributed by atoms with E-state index < -0.39 is 16.4 Å². The van der Waals surface area contributed by atoms with Crippen LogP contribution >= 0.6 is 0 Å². The largest absolute Gasteiger partial charge is 0.304 e. The molecule has 1 aromatic carbocycles. The van der Waals surface area contributed by atoms with Crippen LogP contribution in [0.3, 0.4) is 0 Å². The van der Waals surface area contributed by atoms with Gasteiger partial charge in [-0.05, 0) is 37.9 Å². The number of benzene rings is 1. The number of unbranched alkanes of at least 4 members (excludes halogenated alkanes) is 1. The van der Waals surface area contributed by atoms with Gasteiger partial charge in [0.1, 0.15) is 0 Å². The first-order chi connectivity index (χ1) is 9.49. The zero-order valence-electron chi connectivity index (χ0n) is 12.4. The van der Waals surface area contributed by atoms with E-state index in [1.807, 2.05) is 0 Å². The van der Waals surface area contributed by atoms with Crippen molar-refractivity contribution in [3.8, 4) is 0 Å². The molecule has 0 aliphatic rings. The number of nitrogens with zero attached hydrogens (tertiary/aromatic N) is 2. The molecular weight excluding hydrogens is 259 g/mol. The zero-order chi connectivity index (χ0) is 15.1. The van der Waals surface area contributed by atoms with Gasteiger partial charge in [-0.25, -0.2) is 0 Å². The van der Waals surface area contributed by atoms with Crippen molar-refractivity contribution >= 4 is 5.69 Å². The molecule has 20 heavy (non-hydrogen) atoms. The van der Waals surface area contributed by atoms with Crippen molar-refractivity contribution in [3.63, 3.8) is 0 Å². The highest BCUT2D eigenvalue weighted by molar-refractivity contribution is 5.35. The fourth-order valence-electron chi connectivity index (χ4n) is 2.11. The molecule has 0 aliphatic heterocycles. The fraction of sp³-hybridized carbons (Fsp3) is 0.600. The SMILES string of the molecule is CCCCN(Cc1ccc([N+](=O)[O-])c(F)c1)C(C)CC. The minimum Gasteiger partial charge on any atom is -0.296 e. The van der Waals surface area contributed by atoms with Gasteiger partial charge in [0, 0.05) is 18.7 Å². The first kappa shape index (κ1) is 16.6. The maximum atomic E-state index is 13.6. The molecule has 0 aliphatic carbocycles. The lowest BCUT2D eigenvalue weighted by Crippen LogP contribution is -2.33. The van der Waals surface area contributed by atoms with Crippen LogP contribution in [0.5, 0.6) is 0 Å². The second-order valence-electron chi connectivity index (χ2n) is 5.12. The molecule has 0 saturated carbocycles. The molecule has 0 N–H and O–H groups in total. The van der Waals surface area contributed by atoms with E-state index in [0.717, 1.165) is 31.4 Å². The van der Waals surface area contributed by atoms with Gasteiger partial charge >= 0.3 is 5.69 Å². The smallest absolute Gasteiger partial charge is 0.296 e. The van der Waals surface area contributed by atoms with E-state index in [2.05, 4.69) is 25.7 Å². The van der Waals surface area contributed by atoms with Crippen molar-refractivity contribution in [1.82, 2.24) is 4.90 Å². The highest BCUT2D eigenvalue weighted by atomic mass is 19.1. The molecule has 0 spiro atoms. The zero-order valence-corrected chi connectivity index (χ0v) is 12.4. The molecule has 5 heteroatoms. The molecule has 4 nitrogen and oxygen atoms in total. The molecule has 112 valence electrons.